The number of hydrogen-bond acceptors (Lipinski definition) is 4. The van der Waals surface area contributed by atoms with Crippen molar-refractivity contribution >= 4 is 6.08 Å². The number of hydrogen-bond donors (Lipinski definition) is 0. The third-order valence-electron chi connectivity index (χ3n) is 3.78. The van der Waals surface area contributed by atoms with E-state index in [-0.39, 0.29) is 12.1 Å². The molecule has 5 heteroatoms. The highest BCUT2D eigenvalue weighted by Gasteiger charge is 2.38. The number of allylic oxidation sites excluding steroid dienone is 3. The van der Waals surface area contributed by atoms with E-state index in [0.29, 0.717) is 5.57 Å². The maximum atomic E-state index is 11.4. The Morgan fingerprint density at radius 1 is 1.32 bits per heavy atom. The molecule has 1 atom stereocenters. The fourth-order valence-electron chi connectivity index (χ4n) is 2.30. The Labute approximate surface area is 129 Å². The summed E-state index contributed by atoms with van der Waals surface area (Å²) in [6.07, 6.45) is 7.00. The van der Waals surface area contributed by atoms with Gasteiger partial charge in [-0.1, -0.05) is 36.4 Å². The predicted molar refractivity (Wildman–Crippen MR) is 85.3 cm³/mol. The molecule has 1 aliphatic carbocycles. The summed E-state index contributed by atoms with van der Waals surface area (Å²) >= 11 is 0. The second-order valence-corrected chi connectivity index (χ2v) is 5.34. The van der Waals surface area contributed by atoms with Gasteiger partial charge in [0, 0.05) is 5.57 Å². The van der Waals surface area contributed by atoms with E-state index in [1.165, 1.54) is 0 Å². The van der Waals surface area contributed by atoms with Crippen LogP contribution in [0, 0.1) is 21.4 Å². The quantitative estimate of drug-likeness (QED) is 0.632. The molecule has 0 aliphatic heterocycles. The Balaban J connectivity index is 2.36. The van der Waals surface area contributed by atoms with Gasteiger partial charge in [0.15, 0.2) is 0 Å². The zero-order chi connectivity index (χ0) is 16.2. The first-order chi connectivity index (χ1) is 10.5. The lowest BCUT2D eigenvalue weighted by atomic mass is 9.86. The number of nitro groups is 1. The van der Waals surface area contributed by atoms with Gasteiger partial charge in [-0.3, -0.25) is 15.0 Å². The highest BCUT2D eigenvalue weighted by molar-refractivity contribution is 5.56. The number of benzene rings is 1. The number of likely N-dealkylation sites (N-methyl/N-ethyl adjacent to an activating group) is 1. The van der Waals surface area contributed by atoms with Gasteiger partial charge in [-0.25, -0.2) is 0 Å². The van der Waals surface area contributed by atoms with Crippen LogP contribution in [-0.2, 0) is 0 Å². The molecule has 1 unspecified atom stereocenters. The van der Waals surface area contributed by atoms with Gasteiger partial charge >= 0.3 is 0 Å². The van der Waals surface area contributed by atoms with E-state index in [2.05, 4.69) is 6.07 Å². The van der Waals surface area contributed by atoms with E-state index in [1.807, 2.05) is 36.4 Å². The summed E-state index contributed by atoms with van der Waals surface area (Å²) in [5.74, 6) is 0. The van der Waals surface area contributed by atoms with Crippen molar-refractivity contribution < 1.29 is 4.92 Å². The van der Waals surface area contributed by atoms with E-state index in [0.717, 1.165) is 5.56 Å². The monoisotopic (exact) mass is 295 g/mol. The first-order valence-electron chi connectivity index (χ1n) is 6.87. The van der Waals surface area contributed by atoms with Crippen LogP contribution >= 0.6 is 0 Å². The molecule has 0 saturated heterocycles. The molecule has 0 bridgehead atoms. The standard InChI is InChI=1S/C17H17N3O2/c1-19(2)17(13-18)11-10-15(16(12-17)20(21)22)9-8-14-6-4-3-5-7-14/h3-11H,12H2,1-2H3. The van der Waals surface area contributed by atoms with Gasteiger partial charge in [0.2, 0.25) is 0 Å². The molecule has 0 amide bonds. The fraction of sp³-hybridized carbons (Fsp3) is 0.235. The van der Waals surface area contributed by atoms with E-state index < -0.39 is 10.5 Å². The van der Waals surface area contributed by atoms with Crippen LogP contribution in [0.15, 0.2) is 59.8 Å². The molecule has 0 heterocycles. The Bertz CT molecular complexity index is 696. The summed E-state index contributed by atoms with van der Waals surface area (Å²) in [5.41, 5.74) is 0.592. The maximum Gasteiger partial charge on any atom is 0.256 e. The lowest BCUT2D eigenvalue weighted by Crippen LogP contribution is -2.43. The molecule has 0 fully saturated rings. The van der Waals surface area contributed by atoms with Crippen molar-refractivity contribution in [2.45, 2.75) is 12.0 Å². The van der Waals surface area contributed by atoms with Gasteiger partial charge < -0.3 is 0 Å². The van der Waals surface area contributed by atoms with Gasteiger partial charge in [0.25, 0.3) is 5.70 Å². The Kier molecular flexibility index (Phi) is 4.54. The molecule has 0 spiro atoms. The van der Waals surface area contributed by atoms with Crippen LogP contribution in [0.1, 0.15) is 12.0 Å². The fourth-order valence-corrected chi connectivity index (χ4v) is 2.30. The normalized spacial score (nSPS) is 21.4. The third-order valence-corrected chi connectivity index (χ3v) is 3.78. The van der Waals surface area contributed by atoms with Crippen LogP contribution in [0.4, 0.5) is 0 Å². The minimum absolute atomic E-state index is 0.0601. The average molecular weight is 295 g/mol. The van der Waals surface area contributed by atoms with Crippen molar-refractivity contribution in [3.8, 4) is 6.07 Å². The van der Waals surface area contributed by atoms with Crippen molar-refractivity contribution in [1.29, 1.82) is 5.26 Å². The molecule has 22 heavy (non-hydrogen) atoms. The predicted octanol–water partition coefficient (Wildman–Crippen LogP) is 3.01. The Morgan fingerprint density at radius 2 is 2.00 bits per heavy atom. The van der Waals surface area contributed by atoms with Crippen LogP contribution in [0.2, 0.25) is 0 Å². The molecular formula is C17H17N3O2. The molecule has 0 N–H and O–H groups in total. The van der Waals surface area contributed by atoms with Crippen LogP contribution in [0.5, 0.6) is 0 Å². The minimum Gasteiger partial charge on any atom is -0.288 e. The summed E-state index contributed by atoms with van der Waals surface area (Å²) in [4.78, 5) is 12.7. The molecule has 0 saturated carbocycles. The first kappa shape index (κ1) is 15.7. The van der Waals surface area contributed by atoms with Crippen LogP contribution in [0.25, 0.3) is 6.08 Å². The molecule has 112 valence electrons. The highest BCUT2D eigenvalue weighted by atomic mass is 16.6. The molecule has 1 aromatic carbocycles. The van der Waals surface area contributed by atoms with Crippen molar-refractivity contribution in [3.63, 3.8) is 0 Å². The van der Waals surface area contributed by atoms with E-state index in [4.69, 9.17) is 0 Å². The average Bonchev–Trinajstić information content (AvgIpc) is 2.53. The van der Waals surface area contributed by atoms with Gasteiger partial charge in [-0.05, 0) is 37.9 Å². The third kappa shape index (κ3) is 3.13. The molecule has 1 aliphatic rings. The van der Waals surface area contributed by atoms with E-state index in [9.17, 15) is 15.4 Å². The SMILES string of the molecule is CN(C)C1(C#N)C=CC(C=Cc2ccccc2)=C([N+](=O)[O-])C1. The lowest BCUT2D eigenvalue weighted by molar-refractivity contribution is -0.430. The summed E-state index contributed by atoms with van der Waals surface area (Å²) < 4.78 is 0. The summed E-state index contributed by atoms with van der Waals surface area (Å²) in [6, 6.07) is 11.8. The smallest absolute Gasteiger partial charge is 0.256 e. The zero-order valence-electron chi connectivity index (χ0n) is 12.6. The summed E-state index contributed by atoms with van der Waals surface area (Å²) in [5, 5.41) is 20.8. The van der Waals surface area contributed by atoms with Gasteiger partial charge in [-0.2, -0.15) is 5.26 Å². The Morgan fingerprint density at radius 3 is 2.55 bits per heavy atom. The van der Waals surface area contributed by atoms with Crippen LogP contribution < -0.4 is 0 Å². The van der Waals surface area contributed by atoms with Crippen molar-refractivity contribution in [2.75, 3.05) is 14.1 Å². The van der Waals surface area contributed by atoms with Crippen LogP contribution in [0.3, 0.4) is 0 Å². The summed E-state index contributed by atoms with van der Waals surface area (Å²) in [7, 11) is 3.49. The minimum atomic E-state index is -0.966. The molecule has 2 rings (SSSR count). The van der Waals surface area contributed by atoms with Crippen molar-refractivity contribution in [1.82, 2.24) is 4.90 Å². The van der Waals surface area contributed by atoms with E-state index >= 15 is 0 Å². The van der Waals surface area contributed by atoms with Gasteiger partial charge in [-0.15, -0.1) is 0 Å². The summed E-state index contributed by atoms with van der Waals surface area (Å²) in [6.45, 7) is 0. The number of nitriles is 1. The first-order valence-corrected chi connectivity index (χ1v) is 6.87. The second-order valence-electron chi connectivity index (χ2n) is 5.34. The molecular weight excluding hydrogens is 278 g/mol. The van der Waals surface area contributed by atoms with Gasteiger partial charge in [0.1, 0.15) is 5.54 Å². The molecule has 0 radical (unpaired) electrons. The molecule has 1 aromatic rings. The largest absolute Gasteiger partial charge is 0.288 e. The lowest BCUT2D eigenvalue weighted by Gasteiger charge is -2.31. The number of nitrogens with zero attached hydrogens (tertiary/aromatic N) is 3. The molecule has 5 nitrogen and oxygen atoms in total. The maximum absolute atomic E-state index is 11.4. The van der Waals surface area contributed by atoms with E-state index in [1.54, 1.807) is 37.2 Å². The number of rotatable bonds is 4. The van der Waals surface area contributed by atoms with Crippen LogP contribution in [-0.4, -0.2) is 29.5 Å². The molecule has 0 aromatic heterocycles. The van der Waals surface area contributed by atoms with Crippen molar-refractivity contribution in [3.05, 3.63) is 75.5 Å². The Hall–Kier alpha value is -2.71. The highest BCUT2D eigenvalue weighted by Crippen LogP contribution is 2.31. The van der Waals surface area contributed by atoms with Gasteiger partial charge in [0.05, 0.1) is 17.4 Å². The zero-order valence-corrected chi connectivity index (χ0v) is 12.6. The second kappa shape index (κ2) is 6.37. The topological polar surface area (TPSA) is 70.2 Å². The van der Waals surface area contributed by atoms with Crippen molar-refractivity contribution in [2.24, 2.45) is 0 Å².